The largest absolute Gasteiger partial charge is 0.486 e. The number of fused-ring (bicyclic) bond motifs is 2. The maximum Gasteiger partial charge on any atom is 0.267 e. The molecule has 0 unspecified atom stereocenters. The summed E-state index contributed by atoms with van der Waals surface area (Å²) in [5, 5.41) is 0. The lowest BCUT2D eigenvalue weighted by atomic mass is 10.2. The van der Waals surface area contributed by atoms with Gasteiger partial charge in [-0.05, 0) is 18.2 Å². The fourth-order valence-corrected chi connectivity index (χ4v) is 2.49. The molecule has 4 rings (SSSR count). The van der Waals surface area contributed by atoms with Crippen LogP contribution in [0.2, 0.25) is 0 Å². The summed E-state index contributed by atoms with van der Waals surface area (Å²) in [4.78, 5) is 29.8. The number of imide groups is 1. The molecule has 0 N–H and O–H groups in total. The van der Waals surface area contributed by atoms with Gasteiger partial charge in [-0.25, -0.2) is 4.90 Å². The summed E-state index contributed by atoms with van der Waals surface area (Å²) in [5.41, 5.74) is 1.15. The van der Waals surface area contributed by atoms with Crippen LogP contribution in [0.4, 0.5) is 5.69 Å². The zero-order chi connectivity index (χ0) is 14.4. The molecule has 0 spiro atoms. The zero-order valence-corrected chi connectivity index (χ0v) is 10.9. The molecule has 3 heterocycles. The first-order chi connectivity index (χ1) is 10.3. The Hall–Kier alpha value is -2.89. The van der Waals surface area contributed by atoms with E-state index in [0.717, 1.165) is 4.90 Å². The molecule has 2 aromatic rings. The fraction of sp³-hybridized carbons (Fsp3) is 0.133. The maximum absolute atomic E-state index is 12.4. The Bertz CT molecular complexity index is 737. The number of carbonyl (C=O) groups is 2. The molecule has 0 atom stereocenters. The van der Waals surface area contributed by atoms with Crippen LogP contribution in [0.25, 0.3) is 0 Å². The van der Waals surface area contributed by atoms with E-state index in [4.69, 9.17) is 9.47 Å². The minimum atomic E-state index is -0.375. The van der Waals surface area contributed by atoms with Gasteiger partial charge in [0.1, 0.15) is 13.2 Å². The molecule has 6 heteroatoms. The van der Waals surface area contributed by atoms with Gasteiger partial charge < -0.3 is 9.47 Å². The topological polar surface area (TPSA) is 68.7 Å². The van der Waals surface area contributed by atoms with Crippen molar-refractivity contribution >= 4 is 17.5 Å². The number of carbonyl (C=O) groups excluding carboxylic acids is 2. The van der Waals surface area contributed by atoms with Crippen LogP contribution in [0.5, 0.6) is 11.5 Å². The number of rotatable bonds is 1. The zero-order valence-electron chi connectivity index (χ0n) is 10.9. The molecule has 0 saturated carbocycles. The van der Waals surface area contributed by atoms with E-state index in [9.17, 15) is 9.59 Å². The van der Waals surface area contributed by atoms with Crippen molar-refractivity contribution < 1.29 is 19.1 Å². The van der Waals surface area contributed by atoms with E-state index in [1.165, 1.54) is 12.4 Å². The summed E-state index contributed by atoms with van der Waals surface area (Å²) in [6.45, 7) is 0.938. The molecule has 0 bridgehead atoms. The number of amides is 2. The van der Waals surface area contributed by atoms with Crippen LogP contribution in [-0.4, -0.2) is 30.0 Å². The molecule has 21 heavy (non-hydrogen) atoms. The van der Waals surface area contributed by atoms with E-state index < -0.39 is 0 Å². The van der Waals surface area contributed by atoms with Crippen LogP contribution in [0, 0.1) is 0 Å². The Morgan fingerprint density at radius 2 is 1.71 bits per heavy atom. The van der Waals surface area contributed by atoms with Gasteiger partial charge in [0.2, 0.25) is 0 Å². The number of aromatic nitrogens is 1. The van der Waals surface area contributed by atoms with Gasteiger partial charge >= 0.3 is 0 Å². The number of benzene rings is 1. The van der Waals surface area contributed by atoms with E-state index in [1.807, 2.05) is 0 Å². The van der Waals surface area contributed by atoms with Gasteiger partial charge in [0.05, 0.1) is 16.8 Å². The third-order valence-corrected chi connectivity index (χ3v) is 3.47. The Morgan fingerprint density at radius 3 is 2.52 bits per heavy atom. The third-order valence-electron chi connectivity index (χ3n) is 3.47. The smallest absolute Gasteiger partial charge is 0.267 e. The minimum absolute atomic E-state index is 0.317. The predicted molar refractivity (Wildman–Crippen MR) is 72.8 cm³/mol. The van der Waals surface area contributed by atoms with Crippen LogP contribution in [0.1, 0.15) is 20.7 Å². The molecule has 2 aliphatic heterocycles. The van der Waals surface area contributed by atoms with Crippen LogP contribution < -0.4 is 14.4 Å². The van der Waals surface area contributed by atoms with Crippen molar-refractivity contribution in [3.05, 3.63) is 47.8 Å². The van der Waals surface area contributed by atoms with E-state index in [2.05, 4.69) is 4.98 Å². The van der Waals surface area contributed by atoms with Crippen molar-refractivity contribution in [1.29, 1.82) is 0 Å². The first-order valence-electron chi connectivity index (χ1n) is 6.48. The highest BCUT2D eigenvalue weighted by Gasteiger charge is 2.37. The number of pyridine rings is 1. The molecule has 1 aromatic carbocycles. The average molecular weight is 282 g/mol. The second-order valence-corrected chi connectivity index (χ2v) is 4.69. The lowest BCUT2D eigenvalue weighted by molar-refractivity contribution is 0.0926. The lowest BCUT2D eigenvalue weighted by Gasteiger charge is -2.21. The van der Waals surface area contributed by atoms with E-state index >= 15 is 0 Å². The van der Waals surface area contributed by atoms with Gasteiger partial charge in [0.15, 0.2) is 11.5 Å². The third kappa shape index (κ3) is 1.69. The normalized spacial score (nSPS) is 16.1. The van der Waals surface area contributed by atoms with E-state index in [1.54, 1.807) is 24.3 Å². The molecular formula is C15H10N2O4. The summed E-state index contributed by atoms with van der Waals surface area (Å²) in [6.07, 6.45) is 2.91. The summed E-state index contributed by atoms with van der Waals surface area (Å²) >= 11 is 0. The lowest BCUT2D eigenvalue weighted by Crippen LogP contribution is -2.29. The fourth-order valence-electron chi connectivity index (χ4n) is 2.49. The van der Waals surface area contributed by atoms with Gasteiger partial charge in [-0.1, -0.05) is 0 Å². The number of hydrogen-bond acceptors (Lipinski definition) is 5. The molecule has 1 aromatic heterocycles. The summed E-state index contributed by atoms with van der Waals surface area (Å²) in [5.74, 6) is 0.422. The van der Waals surface area contributed by atoms with Gasteiger partial charge in [0.25, 0.3) is 11.8 Å². The molecule has 0 radical (unpaired) electrons. The van der Waals surface area contributed by atoms with Crippen LogP contribution in [0.15, 0.2) is 36.7 Å². The quantitative estimate of drug-likeness (QED) is 0.744. The molecule has 0 aliphatic carbocycles. The number of ether oxygens (including phenoxy) is 2. The molecule has 2 amide bonds. The molecule has 0 fully saturated rings. The second-order valence-electron chi connectivity index (χ2n) is 4.69. The predicted octanol–water partition coefficient (Wildman–Crippen LogP) is 1.65. The van der Waals surface area contributed by atoms with Crippen molar-refractivity contribution in [3.63, 3.8) is 0 Å². The highest BCUT2D eigenvalue weighted by atomic mass is 16.6. The number of nitrogens with zero attached hydrogens (tertiary/aromatic N) is 2. The second kappa shape index (κ2) is 4.31. The minimum Gasteiger partial charge on any atom is -0.486 e. The Morgan fingerprint density at radius 1 is 0.952 bits per heavy atom. The SMILES string of the molecule is O=C1c2ccncc2C(=O)N1c1ccc2c(c1)OCCO2. The van der Waals surface area contributed by atoms with E-state index in [0.29, 0.717) is 41.5 Å². The standard InChI is InChI=1S/C15H10N2O4/c18-14-10-3-4-16-8-11(10)15(19)17(14)9-1-2-12-13(7-9)21-6-5-20-12/h1-4,7-8H,5-6H2. The van der Waals surface area contributed by atoms with Crippen molar-refractivity contribution in [2.45, 2.75) is 0 Å². The Labute approximate surface area is 119 Å². The first-order valence-corrected chi connectivity index (χ1v) is 6.48. The highest BCUT2D eigenvalue weighted by Crippen LogP contribution is 2.36. The average Bonchev–Trinajstić information content (AvgIpc) is 2.79. The first kappa shape index (κ1) is 11.9. The molecule has 6 nitrogen and oxygen atoms in total. The van der Waals surface area contributed by atoms with Crippen molar-refractivity contribution in [2.24, 2.45) is 0 Å². The van der Waals surface area contributed by atoms with Gasteiger partial charge in [-0.2, -0.15) is 0 Å². The van der Waals surface area contributed by atoms with Crippen molar-refractivity contribution in [3.8, 4) is 11.5 Å². The molecular weight excluding hydrogens is 272 g/mol. The van der Waals surface area contributed by atoms with Gasteiger partial charge in [0, 0.05) is 18.5 Å². The monoisotopic (exact) mass is 282 g/mol. The summed E-state index contributed by atoms with van der Waals surface area (Å²) in [7, 11) is 0. The van der Waals surface area contributed by atoms with Gasteiger partial charge in [-0.3, -0.25) is 14.6 Å². The number of anilines is 1. The number of hydrogen-bond donors (Lipinski definition) is 0. The van der Waals surface area contributed by atoms with Crippen LogP contribution in [-0.2, 0) is 0 Å². The molecule has 2 aliphatic rings. The maximum atomic E-state index is 12.4. The molecule has 104 valence electrons. The van der Waals surface area contributed by atoms with Crippen molar-refractivity contribution in [1.82, 2.24) is 4.98 Å². The van der Waals surface area contributed by atoms with Gasteiger partial charge in [-0.15, -0.1) is 0 Å². The summed E-state index contributed by atoms with van der Waals surface area (Å²) in [6, 6.07) is 6.56. The van der Waals surface area contributed by atoms with E-state index in [-0.39, 0.29) is 11.8 Å². The molecule has 0 saturated heterocycles. The highest BCUT2D eigenvalue weighted by molar-refractivity contribution is 6.34. The summed E-state index contributed by atoms with van der Waals surface area (Å²) < 4.78 is 10.9. The Balaban J connectivity index is 1.78. The van der Waals surface area contributed by atoms with Crippen LogP contribution in [0.3, 0.4) is 0 Å². The van der Waals surface area contributed by atoms with Crippen molar-refractivity contribution in [2.75, 3.05) is 18.1 Å². The van der Waals surface area contributed by atoms with Crippen LogP contribution >= 0.6 is 0 Å². The Kier molecular flexibility index (Phi) is 2.44.